The molecule has 0 saturated carbocycles. The van der Waals surface area contributed by atoms with E-state index in [-0.39, 0.29) is 6.10 Å². The van der Waals surface area contributed by atoms with Gasteiger partial charge in [0, 0.05) is 19.4 Å². The van der Waals surface area contributed by atoms with E-state index < -0.39 is 0 Å². The second kappa shape index (κ2) is 2.38. The molecule has 11 heavy (non-hydrogen) atoms. The van der Waals surface area contributed by atoms with Gasteiger partial charge >= 0.3 is 0 Å². The predicted octanol–water partition coefficient (Wildman–Crippen LogP) is 0.520. The van der Waals surface area contributed by atoms with Gasteiger partial charge in [-0.3, -0.25) is 4.99 Å². The number of aromatic nitrogens is 2. The van der Waals surface area contributed by atoms with Crippen LogP contribution in [0.25, 0.3) is 0 Å². The van der Waals surface area contributed by atoms with Crippen LogP contribution in [-0.4, -0.2) is 22.5 Å². The van der Waals surface area contributed by atoms with Crippen LogP contribution in [0.2, 0.25) is 0 Å². The largest absolute Gasteiger partial charge is 0.470 e. The van der Waals surface area contributed by atoms with E-state index in [1.54, 1.807) is 6.20 Å². The number of ether oxygens (including phenoxy) is 1. The van der Waals surface area contributed by atoms with Crippen molar-refractivity contribution in [3.8, 4) is 0 Å². The molecule has 0 aromatic carbocycles. The van der Waals surface area contributed by atoms with Crippen LogP contribution in [0, 0.1) is 0 Å². The third kappa shape index (κ3) is 1.00. The van der Waals surface area contributed by atoms with Gasteiger partial charge in [0.15, 0.2) is 18.3 Å². The van der Waals surface area contributed by atoms with E-state index in [1.165, 1.54) is 6.40 Å². The summed E-state index contributed by atoms with van der Waals surface area (Å²) >= 11 is 0. The lowest BCUT2D eigenvalue weighted by atomic mass is 10.3. The van der Waals surface area contributed by atoms with Crippen LogP contribution in [-0.2, 0) is 11.8 Å². The van der Waals surface area contributed by atoms with Crippen molar-refractivity contribution in [2.75, 3.05) is 6.54 Å². The summed E-state index contributed by atoms with van der Waals surface area (Å²) in [6, 6.07) is 0. The fourth-order valence-electron chi connectivity index (χ4n) is 1.13. The highest BCUT2D eigenvalue weighted by Gasteiger charge is 2.18. The Balaban J connectivity index is 2.22. The van der Waals surface area contributed by atoms with Gasteiger partial charge < -0.3 is 9.30 Å². The second-order valence-corrected chi connectivity index (χ2v) is 2.49. The van der Waals surface area contributed by atoms with Gasteiger partial charge in [-0.2, -0.15) is 0 Å². The van der Waals surface area contributed by atoms with Crippen LogP contribution in [0.3, 0.4) is 0 Å². The molecule has 0 bridgehead atoms. The molecular weight excluding hydrogens is 142 g/mol. The molecule has 1 aliphatic rings. The van der Waals surface area contributed by atoms with Crippen LogP contribution in [0.1, 0.15) is 11.9 Å². The third-order valence-electron chi connectivity index (χ3n) is 1.72. The molecule has 0 saturated heterocycles. The Morgan fingerprint density at radius 3 is 3.18 bits per heavy atom. The summed E-state index contributed by atoms with van der Waals surface area (Å²) in [6.07, 6.45) is 5.17. The van der Waals surface area contributed by atoms with Crippen molar-refractivity contribution in [1.82, 2.24) is 9.55 Å². The van der Waals surface area contributed by atoms with E-state index in [9.17, 15) is 0 Å². The number of imidazole rings is 1. The summed E-state index contributed by atoms with van der Waals surface area (Å²) in [6.45, 7) is 0.685. The number of aliphatic imine (C=N–C) groups is 1. The Bertz CT molecular complexity index is 271. The third-order valence-corrected chi connectivity index (χ3v) is 1.72. The number of aryl methyl sites for hydroxylation is 1. The average molecular weight is 151 g/mol. The molecule has 2 rings (SSSR count). The lowest BCUT2D eigenvalue weighted by Crippen LogP contribution is -2.07. The molecule has 1 unspecified atom stereocenters. The summed E-state index contributed by atoms with van der Waals surface area (Å²) in [4.78, 5) is 8.12. The molecule has 1 aromatic heterocycles. The van der Waals surface area contributed by atoms with Crippen molar-refractivity contribution in [2.45, 2.75) is 6.10 Å². The van der Waals surface area contributed by atoms with Crippen LogP contribution >= 0.6 is 0 Å². The Kier molecular flexibility index (Phi) is 1.38. The zero-order valence-corrected chi connectivity index (χ0v) is 6.27. The maximum Gasteiger partial charge on any atom is 0.177 e. The normalized spacial score (nSPS) is 22.1. The number of hydrogen-bond donors (Lipinski definition) is 0. The van der Waals surface area contributed by atoms with Gasteiger partial charge in [-0.25, -0.2) is 4.98 Å². The maximum absolute atomic E-state index is 5.20. The van der Waals surface area contributed by atoms with E-state index in [2.05, 4.69) is 9.98 Å². The fraction of sp³-hybridized carbons (Fsp3) is 0.429. The zero-order valence-electron chi connectivity index (χ0n) is 6.27. The van der Waals surface area contributed by atoms with Crippen molar-refractivity contribution in [2.24, 2.45) is 12.0 Å². The molecule has 1 atom stereocenters. The zero-order chi connectivity index (χ0) is 7.68. The van der Waals surface area contributed by atoms with E-state index in [1.807, 2.05) is 17.8 Å². The van der Waals surface area contributed by atoms with Gasteiger partial charge in [-0.1, -0.05) is 0 Å². The first-order chi connectivity index (χ1) is 5.38. The molecule has 4 nitrogen and oxygen atoms in total. The first-order valence-electron chi connectivity index (χ1n) is 3.49. The molecule has 0 fully saturated rings. The van der Waals surface area contributed by atoms with E-state index in [0.717, 1.165) is 5.82 Å². The first-order valence-corrected chi connectivity index (χ1v) is 3.49. The van der Waals surface area contributed by atoms with Crippen LogP contribution in [0.5, 0.6) is 0 Å². The van der Waals surface area contributed by atoms with Gasteiger partial charge in [0.05, 0.1) is 6.54 Å². The number of nitrogens with zero attached hydrogens (tertiary/aromatic N) is 3. The molecule has 1 aliphatic heterocycles. The predicted molar refractivity (Wildman–Crippen MR) is 40.4 cm³/mol. The minimum atomic E-state index is 0.0231. The molecule has 0 spiro atoms. The SMILES string of the molecule is Cn1ccnc1C1CN=CO1. The smallest absolute Gasteiger partial charge is 0.177 e. The minimum Gasteiger partial charge on any atom is -0.470 e. The van der Waals surface area contributed by atoms with Crippen molar-refractivity contribution >= 4 is 6.40 Å². The summed E-state index contributed by atoms with van der Waals surface area (Å²) in [7, 11) is 1.95. The molecule has 58 valence electrons. The second-order valence-electron chi connectivity index (χ2n) is 2.49. The van der Waals surface area contributed by atoms with Gasteiger partial charge in [0.25, 0.3) is 0 Å². The molecule has 0 aliphatic carbocycles. The standard InChI is InChI=1S/C7H9N3O/c1-10-3-2-9-7(10)6-4-8-5-11-6/h2-3,5-6H,4H2,1H3. The van der Waals surface area contributed by atoms with E-state index in [0.29, 0.717) is 6.54 Å². The van der Waals surface area contributed by atoms with Gasteiger partial charge in [0.2, 0.25) is 0 Å². The Morgan fingerprint density at radius 1 is 1.73 bits per heavy atom. The summed E-state index contributed by atoms with van der Waals surface area (Å²) in [5, 5.41) is 0. The lowest BCUT2D eigenvalue weighted by Gasteiger charge is -2.07. The van der Waals surface area contributed by atoms with Crippen molar-refractivity contribution in [1.29, 1.82) is 0 Å². The fourth-order valence-corrected chi connectivity index (χ4v) is 1.13. The molecule has 0 amide bonds. The first kappa shape index (κ1) is 6.39. The maximum atomic E-state index is 5.20. The highest BCUT2D eigenvalue weighted by Crippen LogP contribution is 2.17. The van der Waals surface area contributed by atoms with Gasteiger partial charge in [0.1, 0.15) is 0 Å². The minimum absolute atomic E-state index is 0.0231. The Morgan fingerprint density at radius 2 is 2.64 bits per heavy atom. The van der Waals surface area contributed by atoms with Crippen molar-refractivity contribution in [3.05, 3.63) is 18.2 Å². The topological polar surface area (TPSA) is 39.4 Å². The Hall–Kier alpha value is -1.32. The van der Waals surface area contributed by atoms with Crippen LogP contribution in [0.4, 0.5) is 0 Å². The number of rotatable bonds is 1. The molecule has 2 heterocycles. The summed E-state index contributed by atoms with van der Waals surface area (Å²) in [5.41, 5.74) is 0. The molecule has 4 heteroatoms. The lowest BCUT2D eigenvalue weighted by molar-refractivity contribution is 0.224. The van der Waals surface area contributed by atoms with Crippen molar-refractivity contribution < 1.29 is 4.74 Å². The highest BCUT2D eigenvalue weighted by molar-refractivity contribution is 5.49. The molecule has 0 radical (unpaired) electrons. The average Bonchev–Trinajstić information content (AvgIpc) is 2.55. The van der Waals surface area contributed by atoms with Gasteiger partial charge in [-0.15, -0.1) is 0 Å². The molecule has 1 aromatic rings. The Labute approximate surface area is 64.5 Å². The van der Waals surface area contributed by atoms with Crippen molar-refractivity contribution in [3.63, 3.8) is 0 Å². The highest BCUT2D eigenvalue weighted by atomic mass is 16.5. The monoisotopic (exact) mass is 151 g/mol. The van der Waals surface area contributed by atoms with E-state index in [4.69, 9.17) is 4.74 Å². The molecule has 0 N–H and O–H groups in total. The molecular formula is C7H9N3O. The number of hydrogen-bond acceptors (Lipinski definition) is 3. The summed E-state index contributed by atoms with van der Waals surface area (Å²) < 4.78 is 7.15. The van der Waals surface area contributed by atoms with Crippen LogP contribution < -0.4 is 0 Å². The van der Waals surface area contributed by atoms with Crippen LogP contribution in [0.15, 0.2) is 17.4 Å². The quantitative estimate of drug-likeness (QED) is 0.587. The van der Waals surface area contributed by atoms with E-state index >= 15 is 0 Å². The van der Waals surface area contributed by atoms with Gasteiger partial charge in [-0.05, 0) is 0 Å². The summed E-state index contributed by atoms with van der Waals surface area (Å²) in [5.74, 6) is 0.933.